The molecule has 138 valence electrons. The number of carbonyl (C=O) groups is 3. The number of rotatable bonds is 5. The number of nitrogens with zero attached hydrogens (tertiary/aromatic N) is 4. The summed E-state index contributed by atoms with van der Waals surface area (Å²) in [4.78, 5) is 38.2. The number of carbonyl (C=O) groups excluding carboxylic acids is 2. The number of morpholine rings is 1. The Morgan fingerprint density at radius 1 is 1.38 bits per heavy atom. The van der Waals surface area contributed by atoms with Crippen molar-refractivity contribution in [1.82, 2.24) is 19.4 Å². The molecule has 3 heterocycles. The Balaban J connectivity index is 1.70. The van der Waals surface area contributed by atoms with Gasteiger partial charge >= 0.3 is 5.97 Å². The minimum Gasteiger partial charge on any atom is -0.480 e. The van der Waals surface area contributed by atoms with Crippen LogP contribution in [0, 0.1) is 0 Å². The van der Waals surface area contributed by atoms with Crippen LogP contribution in [0.4, 0.5) is 0 Å². The quantitative estimate of drug-likeness (QED) is 0.811. The predicted molar refractivity (Wildman–Crippen MR) is 90.7 cm³/mol. The van der Waals surface area contributed by atoms with Gasteiger partial charge in [-0.15, -0.1) is 0 Å². The number of amides is 2. The van der Waals surface area contributed by atoms with Crippen LogP contribution in [0.3, 0.4) is 0 Å². The van der Waals surface area contributed by atoms with Gasteiger partial charge in [-0.25, -0.2) is 4.52 Å². The maximum atomic E-state index is 12.9. The molecule has 2 amide bonds. The van der Waals surface area contributed by atoms with Crippen molar-refractivity contribution < 1.29 is 24.2 Å². The Labute approximate surface area is 149 Å². The van der Waals surface area contributed by atoms with Crippen LogP contribution in [0.1, 0.15) is 17.3 Å². The molecule has 1 saturated heterocycles. The molecule has 1 aliphatic rings. The summed E-state index contributed by atoms with van der Waals surface area (Å²) >= 11 is 0. The van der Waals surface area contributed by atoms with E-state index in [1.54, 1.807) is 15.6 Å². The summed E-state index contributed by atoms with van der Waals surface area (Å²) in [5, 5.41) is 13.1. The van der Waals surface area contributed by atoms with E-state index < -0.39 is 18.6 Å². The summed E-state index contributed by atoms with van der Waals surface area (Å²) in [5.41, 5.74) is 1.22. The Bertz CT molecular complexity index is 833. The van der Waals surface area contributed by atoms with Crippen LogP contribution in [-0.4, -0.2) is 81.2 Å². The number of ether oxygens (including phenoxy) is 1. The molecule has 9 heteroatoms. The minimum absolute atomic E-state index is 0.125. The summed E-state index contributed by atoms with van der Waals surface area (Å²) in [6.45, 7) is 2.09. The molecule has 0 radical (unpaired) electrons. The molecule has 0 bridgehead atoms. The van der Waals surface area contributed by atoms with Crippen LogP contribution in [-0.2, 0) is 14.3 Å². The highest BCUT2D eigenvalue weighted by Gasteiger charge is 2.29. The largest absolute Gasteiger partial charge is 0.480 e. The van der Waals surface area contributed by atoms with E-state index in [1.165, 1.54) is 18.0 Å². The van der Waals surface area contributed by atoms with Crippen molar-refractivity contribution in [3.8, 4) is 0 Å². The Morgan fingerprint density at radius 2 is 2.19 bits per heavy atom. The predicted octanol–water partition coefficient (Wildman–Crippen LogP) is 0.108. The highest BCUT2D eigenvalue weighted by molar-refractivity contribution is 6.00. The van der Waals surface area contributed by atoms with E-state index in [1.807, 2.05) is 18.2 Å². The van der Waals surface area contributed by atoms with Crippen molar-refractivity contribution in [2.24, 2.45) is 0 Å². The van der Waals surface area contributed by atoms with Crippen molar-refractivity contribution in [3.63, 3.8) is 0 Å². The van der Waals surface area contributed by atoms with Gasteiger partial charge in [0.1, 0.15) is 6.54 Å². The van der Waals surface area contributed by atoms with Crippen LogP contribution < -0.4 is 0 Å². The molecule has 1 atom stereocenters. The van der Waals surface area contributed by atoms with Crippen LogP contribution in [0.15, 0.2) is 30.6 Å². The fraction of sp³-hybridized carbons (Fsp3) is 0.412. The zero-order valence-electron chi connectivity index (χ0n) is 14.4. The number of hydrogen-bond donors (Lipinski definition) is 1. The number of pyridine rings is 1. The van der Waals surface area contributed by atoms with Crippen LogP contribution in [0.25, 0.3) is 5.52 Å². The number of aromatic nitrogens is 2. The Hall–Kier alpha value is -2.94. The van der Waals surface area contributed by atoms with Crippen LogP contribution in [0.5, 0.6) is 0 Å². The molecule has 2 aromatic rings. The molecular formula is C17H20N4O5. The fourth-order valence-electron chi connectivity index (χ4n) is 3.00. The van der Waals surface area contributed by atoms with Gasteiger partial charge in [-0.1, -0.05) is 6.07 Å². The first-order valence-electron chi connectivity index (χ1n) is 8.26. The van der Waals surface area contributed by atoms with E-state index in [2.05, 4.69) is 5.10 Å². The maximum Gasteiger partial charge on any atom is 0.323 e. The van der Waals surface area contributed by atoms with Gasteiger partial charge in [0.25, 0.3) is 5.91 Å². The van der Waals surface area contributed by atoms with E-state index in [4.69, 9.17) is 9.84 Å². The van der Waals surface area contributed by atoms with Gasteiger partial charge in [-0.2, -0.15) is 5.10 Å². The van der Waals surface area contributed by atoms with Crippen molar-refractivity contribution in [3.05, 3.63) is 36.2 Å². The SMILES string of the molecule is CC(=O)N(CC(=O)O)CC1CN(C(=O)c2cnn3ccccc23)CCO1. The van der Waals surface area contributed by atoms with E-state index in [0.717, 1.165) is 5.52 Å². The van der Waals surface area contributed by atoms with Crippen molar-refractivity contribution in [1.29, 1.82) is 0 Å². The molecule has 1 N–H and O–H groups in total. The highest BCUT2D eigenvalue weighted by atomic mass is 16.5. The van der Waals surface area contributed by atoms with E-state index in [9.17, 15) is 14.4 Å². The van der Waals surface area contributed by atoms with Gasteiger partial charge in [0.15, 0.2) is 0 Å². The lowest BCUT2D eigenvalue weighted by Crippen LogP contribution is -2.51. The second-order valence-corrected chi connectivity index (χ2v) is 6.13. The third-order valence-electron chi connectivity index (χ3n) is 4.28. The lowest BCUT2D eigenvalue weighted by molar-refractivity contribution is -0.145. The summed E-state index contributed by atoms with van der Waals surface area (Å²) in [7, 11) is 0. The maximum absolute atomic E-state index is 12.9. The second kappa shape index (κ2) is 7.52. The lowest BCUT2D eigenvalue weighted by Gasteiger charge is -2.35. The zero-order valence-corrected chi connectivity index (χ0v) is 14.4. The Kier molecular flexibility index (Phi) is 5.17. The number of hydrogen-bond acceptors (Lipinski definition) is 5. The van der Waals surface area contributed by atoms with Gasteiger partial charge in [-0.3, -0.25) is 14.4 Å². The zero-order chi connectivity index (χ0) is 18.7. The molecule has 0 spiro atoms. The molecule has 26 heavy (non-hydrogen) atoms. The summed E-state index contributed by atoms with van der Waals surface area (Å²) in [5.74, 6) is -1.59. The average molecular weight is 360 g/mol. The first-order valence-corrected chi connectivity index (χ1v) is 8.26. The number of carboxylic acid groups (broad SMARTS) is 1. The van der Waals surface area contributed by atoms with Gasteiger partial charge in [-0.05, 0) is 12.1 Å². The number of carboxylic acids is 1. The normalized spacial score (nSPS) is 17.3. The first-order chi connectivity index (χ1) is 12.5. The fourth-order valence-corrected chi connectivity index (χ4v) is 3.00. The monoisotopic (exact) mass is 360 g/mol. The molecule has 1 fully saturated rings. The molecule has 9 nitrogen and oxygen atoms in total. The lowest BCUT2D eigenvalue weighted by atomic mass is 10.2. The van der Waals surface area contributed by atoms with Crippen LogP contribution in [0.2, 0.25) is 0 Å². The number of fused-ring (bicyclic) bond motifs is 1. The standard InChI is InChI=1S/C17H20N4O5/c1-12(22)20(11-16(23)24)10-13-9-19(6-7-26-13)17(25)14-8-18-21-5-3-2-4-15(14)21/h2-5,8,13H,6-7,9-11H2,1H3,(H,23,24). The summed E-state index contributed by atoms with van der Waals surface area (Å²) in [6, 6.07) is 5.49. The molecule has 1 unspecified atom stereocenters. The number of aliphatic carboxylic acids is 1. The molecule has 0 aromatic carbocycles. The van der Waals surface area contributed by atoms with Crippen molar-refractivity contribution in [2.45, 2.75) is 13.0 Å². The molecule has 0 saturated carbocycles. The van der Waals surface area contributed by atoms with Crippen molar-refractivity contribution in [2.75, 3.05) is 32.8 Å². The van der Waals surface area contributed by atoms with Crippen molar-refractivity contribution >= 4 is 23.3 Å². The van der Waals surface area contributed by atoms with E-state index >= 15 is 0 Å². The molecule has 3 rings (SSSR count). The minimum atomic E-state index is -1.09. The molecular weight excluding hydrogens is 340 g/mol. The van der Waals surface area contributed by atoms with Gasteiger partial charge in [0.05, 0.1) is 30.0 Å². The summed E-state index contributed by atoms with van der Waals surface area (Å²) in [6.07, 6.45) is 2.87. The van der Waals surface area contributed by atoms with Gasteiger partial charge in [0.2, 0.25) is 5.91 Å². The van der Waals surface area contributed by atoms with E-state index in [-0.39, 0.29) is 24.9 Å². The van der Waals surface area contributed by atoms with E-state index in [0.29, 0.717) is 18.7 Å². The Morgan fingerprint density at radius 3 is 2.92 bits per heavy atom. The molecule has 2 aromatic heterocycles. The van der Waals surface area contributed by atoms with Gasteiger partial charge in [0, 0.05) is 32.8 Å². The highest BCUT2D eigenvalue weighted by Crippen LogP contribution is 2.16. The average Bonchev–Trinajstić information content (AvgIpc) is 3.04. The van der Waals surface area contributed by atoms with Crippen LogP contribution >= 0.6 is 0 Å². The molecule has 1 aliphatic heterocycles. The van der Waals surface area contributed by atoms with Gasteiger partial charge < -0.3 is 19.6 Å². The third kappa shape index (κ3) is 3.83. The topological polar surface area (TPSA) is 104 Å². The third-order valence-corrected chi connectivity index (χ3v) is 4.28. The smallest absolute Gasteiger partial charge is 0.323 e. The summed E-state index contributed by atoms with van der Waals surface area (Å²) < 4.78 is 7.26. The first kappa shape index (κ1) is 17.9. The second-order valence-electron chi connectivity index (χ2n) is 6.13. The molecule has 0 aliphatic carbocycles.